The average Bonchev–Trinajstić information content (AvgIpc) is 3.52. The zero-order valence-electron chi connectivity index (χ0n) is 22.2. The fraction of sp³-hybridized carbons (Fsp3) is 0.500. The molecule has 4 aliphatic heterocycles. The second kappa shape index (κ2) is 7.83. The summed E-state index contributed by atoms with van der Waals surface area (Å²) in [6.45, 7) is 12.7. The summed E-state index contributed by atoms with van der Waals surface area (Å²) in [5, 5.41) is 0. The Bertz CT molecular complexity index is 1220. The van der Waals surface area contributed by atoms with E-state index in [-0.39, 0.29) is 29.3 Å². The lowest BCUT2D eigenvalue weighted by atomic mass is 9.55. The molecule has 0 bridgehead atoms. The van der Waals surface area contributed by atoms with Gasteiger partial charge in [0.1, 0.15) is 11.8 Å². The molecule has 2 aromatic carbocycles. The standard InChI is InChI=1S/C30H38N4O2/c1-7-18-33-23-14-10-8-12-21(23)29(16-19-31(5)25(29)33)30-17-20-32(6)26(30)34(27(35)36-28(2,3)4)24-15-11-9-13-22(24)30/h7-15,25-26H,1,16-20H2,2-6H3. The number of hydrogen-bond acceptors (Lipinski definition) is 5. The summed E-state index contributed by atoms with van der Waals surface area (Å²) in [7, 11) is 4.42. The third-order valence-electron chi connectivity index (χ3n) is 9.02. The summed E-state index contributed by atoms with van der Waals surface area (Å²) < 4.78 is 6.03. The molecule has 6 rings (SSSR count). The van der Waals surface area contributed by atoms with E-state index in [0.717, 1.165) is 38.2 Å². The summed E-state index contributed by atoms with van der Waals surface area (Å²) in [5.74, 6) is 0. The molecule has 4 heterocycles. The van der Waals surface area contributed by atoms with Gasteiger partial charge >= 0.3 is 6.09 Å². The maximum absolute atomic E-state index is 13.9. The van der Waals surface area contributed by atoms with Gasteiger partial charge in [-0.3, -0.25) is 14.7 Å². The van der Waals surface area contributed by atoms with Crippen LogP contribution in [0.2, 0.25) is 0 Å². The van der Waals surface area contributed by atoms with Crippen LogP contribution in [0, 0.1) is 0 Å². The summed E-state index contributed by atoms with van der Waals surface area (Å²) in [4.78, 5) is 23.3. The van der Waals surface area contributed by atoms with Crippen molar-refractivity contribution in [2.75, 3.05) is 43.5 Å². The predicted molar refractivity (Wildman–Crippen MR) is 145 cm³/mol. The molecule has 0 radical (unpaired) electrons. The number of amides is 1. The highest BCUT2D eigenvalue weighted by molar-refractivity contribution is 5.94. The topological polar surface area (TPSA) is 39.3 Å². The molecule has 2 saturated heterocycles. The van der Waals surface area contributed by atoms with E-state index >= 15 is 0 Å². The van der Waals surface area contributed by atoms with Crippen LogP contribution in [0.5, 0.6) is 0 Å². The Morgan fingerprint density at radius 1 is 0.944 bits per heavy atom. The number of likely N-dealkylation sites (tertiary alicyclic amines) is 2. The monoisotopic (exact) mass is 486 g/mol. The Balaban J connectivity index is 1.63. The first kappa shape index (κ1) is 23.6. The number of carbonyl (C=O) groups is 1. The second-order valence-corrected chi connectivity index (χ2v) is 12.0. The number of nitrogens with zero attached hydrogens (tertiary/aromatic N) is 4. The van der Waals surface area contributed by atoms with Gasteiger partial charge in [-0.05, 0) is 71.0 Å². The van der Waals surface area contributed by atoms with E-state index in [1.807, 2.05) is 37.8 Å². The van der Waals surface area contributed by atoms with Crippen molar-refractivity contribution < 1.29 is 9.53 Å². The largest absolute Gasteiger partial charge is 0.443 e. The number of ether oxygens (including phenoxy) is 1. The van der Waals surface area contributed by atoms with E-state index in [0.29, 0.717) is 0 Å². The molecular weight excluding hydrogens is 448 g/mol. The number of hydrogen-bond donors (Lipinski definition) is 0. The minimum atomic E-state index is -0.566. The van der Waals surface area contributed by atoms with Crippen molar-refractivity contribution in [3.05, 3.63) is 72.3 Å². The molecule has 0 saturated carbocycles. The van der Waals surface area contributed by atoms with E-state index in [9.17, 15) is 4.79 Å². The van der Waals surface area contributed by atoms with Crippen molar-refractivity contribution in [2.45, 2.75) is 62.4 Å². The van der Waals surface area contributed by atoms with Gasteiger partial charge in [0.25, 0.3) is 0 Å². The number of para-hydroxylation sites is 2. The Kier molecular flexibility index (Phi) is 5.13. The Morgan fingerprint density at radius 3 is 2.08 bits per heavy atom. The molecule has 6 heteroatoms. The van der Waals surface area contributed by atoms with Gasteiger partial charge in [-0.2, -0.15) is 0 Å². The van der Waals surface area contributed by atoms with Crippen LogP contribution >= 0.6 is 0 Å². The molecule has 2 aromatic rings. The summed E-state index contributed by atoms with van der Waals surface area (Å²) in [5.41, 5.74) is 3.96. The molecule has 6 nitrogen and oxygen atoms in total. The Hall–Kier alpha value is -2.83. The molecule has 0 aromatic heterocycles. The van der Waals surface area contributed by atoms with Crippen molar-refractivity contribution in [3.8, 4) is 0 Å². The molecule has 0 aliphatic carbocycles. The molecular formula is C30H38N4O2. The first-order valence-electron chi connectivity index (χ1n) is 13.2. The first-order valence-corrected chi connectivity index (χ1v) is 13.2. The number of likely N-dealkylation sites (N-methyl/N-ethyl adjacent to an activating group) is 2. The van der Waals surface area contributed by atoms with Crippen LogP contribution < -0.4 is 9.80 Å². The van der Waals surface area contributed by atoms with Crippen molar-refractivity contribution in [2.24, 2.45) is 0 Å². The van der Waals surface area contributed by atoms with Crippen LogP contribution in [0.4, 0.5) is 16.2 Å². The number of benzene rings is 2. The van der Waals surface area contributed by atoms with Crippen LogP contribution in [0.15, 0.2) is 61.2 Å². The van der Waals surface area contributed by atoms with Gasteiger partial charge in [-0.25, -0.2) is 4.79 Å². The first-order chi connectivity index (χ1) is 17.2. The summed E-state index contributed by atoms with van der Waals surface area (Å²) in [6.07, 6.45) is 3.86. The number of rotatable bonds is 3. The molecule has 0 spiro atoms. The highest BCUT2D eigenvalue weighted by Crippen LogP contribution is 2.68. The van der Waals surface area contributed by atoms with E-state index < -0.39 is 5.60 Å². The predicted octanol–water partition coefficient (Wildman–Crippen LogP) is 4.95. The lowest BCUT2D eigenvalue weighted by Gasteiger charge is -2.50. The van der Waals surface area contributed by atoms with Crippen LogP contribution in [0.3, 0.4) is 0 Å². The second-order valence-electron chi connectivity index (χ2n) is 12.0. The van der Waals surface area contributed by atoms with Crippen LogP contribution in [-0.2, 0) is 15.6 Å². The zero-order valence-corrected chi connectivity index (χ0v) is 22.2. The van der Waals surface area contributed by atoms with Crippen molar-refractivity contribution in [1.29, 1.82) is 0 Å². The highest BCUT2D eigenvalue weighted by atomic mass is 16.6. The third-order valence-corrected chi connectivity index (χ3v) is 9.02. The fourth-order valence-corrected chi connectivity index (χ4v) is 8.09. The maximum Gasteiger partial charge on any atom is 0.416 e. The van der Waals surface area contributed by atoms with Gasteiger partial charge in [-0.1, -0.05) is 42.5 Å². The van der Waals surface area contributed by atoms with Crippen molar-refractivity contribution in [3.63, 3.8) is 0 Å². The SMILES string of the molecule is C=CCN1c2ccccc2C2(C34CCN(C)C3N(C(=O)OC(C)(C)C)c3ccccc34)CCN(C)C12. The third kappa shape index (κ3) is 2.83. The van der Waals surface area contributed by atoms with Crippen molar-refractivity contribution >= 4 is 17.5 Å². The Labute approximate surface area is 215 Å². The van der Waals surface area contributed by atoms with Crippen LogP contribution in [-0.4, -0.2) is 67.6 Å². The summed E-state index contributed by atoms with van der Waals surface area (Å²) >= 11 is 0. The molecule has 4 unspecified atom stereocenters. The normalized spacial score (nSPS) is 31.2. The van der Waals surface area contributed by atoms with Gasteiger partial charge in [0, 0.05) is 36.2 Å². The van der Waals surface area contributed by atoms with Gasteiger partial charge in [0.05, 0.1) is 11.9 Å². The molecule has 1 amide bonds. The van der Waals surface area contributed by atoms with Gasteiger partial charge in [0.15, 0.2) is 0 Å². The van der Waals surface area contributed by atoms with E-state index in [1.165, 1.54) is 16.8 Å². The van der Waals surface area contributed by atoms with Gasteiger partial charge in [0.2, 0.25) is 0 Å². The molecule has 0 N–H and O–H groups in total. The average molecular weight is 487 g/mol. The number of anilines is 2. The van der Waals surface area contributed by atoms with E-state index in [2.05, 4.69) is 77.8 Å². The summed E-state index contributed by atoms with van der Waals surface area (Å²) in [6, 6.07) is 17.5. The molecule has 4 aliphatic rings. The smallest absolute Gasteiger partial charge is 0.416 e. The highest BCUT2D eigenvalue weighted by Gasteiger charge is 2.74. The lowest BCUT2D eigenvalue weighted by molar-refractivity contribution is 0.0489. The minimum absolute atomic E-state index is 0.115. The maximum atomic E-state index is 13.9. The number of fused-ring (bicyclic) bond motifs is 7. The van der Waals surface area contributed by atoms with Crippen LogP contribution in [0.25, 0.3) is 0 Å². The minimum Gasteiger partial charge on any atom is -0.443 e. The number of carbonyl (C=O) groups excluding carboxylic acids is 1. The van der Waals surface area contributed by atoms with E-state index in [1.54, 1.807) is 0 Å². The molecule has 190 valence electrons. The quantitative estimate of drug-likeness (QED) is 0.575. The molecule has 4 atom stereocenters. The van der Waals surface area contributed by atoms with Gasteiger partial charge in [-0.15, -0.1) is 6.58 Å². The Morgan fingerprint density at radius 2 is 1.47 bits per heavy atom. The molecule has 2 fully saturated rings. The fourth-order valence-electron chi connectivity index (χ4n) is 8.09. The van der Waals surface area contributed by atoms with Crippen LogP contribution in [0.1, 0.15) is 44.7 Å². The van der Waals surface area contributed by atoms with Gasteiger partial charge < -0.3 is 9.64 Å². The van der Waals surface area contributed by atoms with Crippen molar-refractivity contribution in [1.82, 2.24) is 9.80 Å². The van der Waals surface area contributed by atoms with E-state index in [4.69, 9.17) is 4.74 Å². The lowest BCUT2D eigenvalue weighted by Crippen LogP contribution is -2.64. The zero-order chi connectivity index (χ0) is 25.5. The molecule has 36 heavy (non-hydrogen) atoms.